The fourth-order valence-electron chi connectivity index (χ4n) is 2.12. The lowest BCUT2D eigenvalue weighted by Crippen LogP contribution is -2.33. The van der Waals surface area contributed by atoms with E-state index < -0.39 is 0 Å². The van der Waals surface area contributed by atoms with Crippen molar-refractivity contribution in [2.24, 2.45) is 11.5 Å². The molecule has 4 nitrogen and oxygen atoms in total. The van der Waals surface area contributed by atoms with Crippen LogP contribution in [0.4, 0.5) is 0 Å². The van der Waals surface area contributed by atoms with Crippen LogP contribution in [0.25, 0.3) is 10.9 Å². The highest BCUT2D eigenvalue weighted by Crippen LogP contribution is 2.14. The summed E-state index contributed by atoms with van der Waals surface area (Å²) in [6.07, 6.45) is 1.82. The topological polar surface area (TPSA) is 68.2 Å². The van der Waals surface area contributed by atoms with Crippen LogP contribution < -0.4 is 11.5 Å². The van der Waals surface area contributed by atoms with Gasteiger partial charge in [-0.15, -0.1) is 0 Å². The summed E-state index contributed by atoms with van der Waals surface area (Å²) in [5, 5.41) is 1.18. The molecule has 0 saturated carbocycles. The number of hydrogen-bond donors (Lipinski definition) is 2. The molecule has 96 valence electrons. The summed E-state index contributed by atoms with van der Waals surface area (Å²) in [6, 6.07) is 10.4. The van der Waals surface area contributed by atoms with Crippen LogP contribution in [0.5, 0.6) is 0 Å². The van der Waals surface area contributed by atoms with Gasteiger partial charge in [0.25, 0.3) is 0 Å². The first-order chi connectivity index (χ1) is 8.83. The van der Waals surface area contributed by atoms with Crippen molar-refractivity contribution in [3.05, 3.63) is 42.1 Å². The SMILES string of the molecule is NCCN(CCN)Cc1ccc2ncccc2c1. The Morgan fingerprint density at radius 3 is 2.56 bits per heavy atom. The lowest BCUT2D eigenvalue weighted by molar-refractivity contribution is 0.281. The summed E-state index contributed by atoms with van der Waals surface area (Å²) in [4.78, 5) is 6.60. The Balaban J connectivity index is 2.14. The van der Waals surface area contributed by atoms with Crippen molar-refractivity contribution in [2.75, 3.05) is 26.2 Å². The lowest BCUT2D eigenvalue weighted by Gasteiger charge is -2.20. The first kappa shape index (κ1) is 13.0. The van der Waals surface area contributed by atoms with E-state index in [2.05, 4.69) is 34.1 Å². The van der Waals surface area contributed by atoms with Gasteiger partial charge in [-0.2, -0.15) is 0 Å². The Bertz CT molecular complexity index is 492. The molecule has 0 unspecified atom stereocenters. The van der Waals surface area contributed by atoms with E-state index in [9.17, 15) is 0 Å². The summed E-state index contributed by atoms with van der Waals surface area (Å²) in [5.74, 6) is 0. The van der Waals surface area contributed by atoms with Gasteiger partial charge in [-0.05, 0) is 23.8 Å². The number of aromatic nitrogens is 1. The van der Waals surface area contributed by atoms with Crippen molar-refractivity contribution < 1.29 is 0 Å². The molecule has 0 saturated heterocycles. The van der Waals surface area contributed by atoms with Crippen LogP contribution in [-0.2, 0) is 6.54 Å². The zero-order chi connectivity index (χ0) is 12.8. The lowest BCUT2D eigenvalue weighted by atomic mass is 10.1. The number of rotatable bonds is 6. The van der Waals surface area contributed by atoms with Gasteiger partial charge in [0.15, 0.2) is 0 Å². The molecule has 2 rings (SSSR count). The molecule has 2 aromatic rings. The van der Waals surface area contributed by atoms with Crippen LogP contribution in [0.3, 0.4) is 0 Å². The van der Waals surface area contributed by atoms with Crippen LogP contribution in [0, 0.1) is 0 Å². The Kier molecular flexibility index (Phi) is 4.64. The molecule has 1 aromatic carbocycles. The van der Waals surface area contributed by atoms with Crippen LogP contribution in [-0.4, -0.2) is 36.1 Å². The number of hydrogen-bond acceptors (Lipinski definition) is 4. The molecule has 0 aliphatic heterocycles. The Labute approximate surface area is 108 Å². The second-order valence-corrected chi connectivity index (χ2v) is 4.38. The minimum Gasteiger partial charge on any atom is -0.329 e. The van der Waals surface area contributed by atoms with Gasteiger partial charge in [-0.25, -0.2) is 0 Å². The molecule has 0 radical (unpaired) electrons. The predicted octanol–water partition coefficient (Wildman–Crippen LogP) is 0.954. The molecule has 0 amide bonds. The van der Waals surface area contributed by atoms with Gasteiger partial charge < -0.3 is 11.5 Å². The van der Waals surface area contributed by atoms with E-state index in [0.29, 0.717) is 13.1 Å². The second-order valence-electron chi connectivity index (χ2n) is 4.38. The maximum atomic E-state index is 5.61. The molecule has 1 aromatic heterocycles. The van der Waals surface area contributed by atoms with Crippen LogP contribution in [0.2, 0.25) is 0 Å². The largest absolute Gasteiger partial charge is 0.329 e. The van der Waals surface area contributed by atoms with E-state index in [-0.39, 0.29) is 0 Å². The highest BCUT2D eigenvalue weighted by atomic mass is 15.1. The number of nitrogens with two attached hydrogens (primary N) is 2. The molecule has 18 heavy (non-hydrogen) atoms. The van der Waals surface area contributed by atoms with Crippen LogP contribution in [0.1, 0.15) is 5.56 Å². The van der Waals surface area contributed by atoms with Crippen molar-refractivity contribution >= 4 is 10.9 Å². The van der Waals surface area contributed by atoms with E-state index in [4.69, 9.17) is 11.5 Å². The van der Waals surface area contributed by atoms with Gasteiger partial charge in [0.2, 0.25) is 0 Å². The molecule has 4 N–H and O–H groups in total. The molecule has 0 aliphatic rings. The molecular formula is C14H20N4. The average molecular weight is 244 g/mol. The van der Waals surface area contributed by atoms with Crippen LogP contribution in [0.15, 0.2) is 36.5 Å². The monoisotopic (exact) mass is 244 g/mol. The number of pyridine rings is 1. The Morgan fingerprint density at radius 1 is 1.06 bits per heavy atom. The van der Waals surface area contributed by atoms with Gasteiger partial charge in [-0.3, -0.25) is 9.88 Å². The van der Waals surface area contributed by atoms with Gasteiger partial charge in [-0.1, -0.05) is 12.1 Å². The maximum absolute atomic E-state index is 5.61. The zero-order valence-electron chi connectivity index (χ0n) is 10.5. The third kappa shape index (κ3) is 3.26. The fourth-order valence-corrected chi connectivity index (χ4v) is 2.12. The fraction of sp³-hybridized carbons (Fsp3) is 0.357. The minimum atomic E-state index is 0.662. The maximum Gasteiger partial charge on any atom is 0.0702 e. The zero-order valence-corrected chi connectivity index (χ0v) is 10.5. The quantitative estimate of drug-likeness (QED) is 0.794. The summed E-state index contributed by atoms with van der Waals surface area (Å²) >= 11 is 0. The number of fused-ring (bicyclic) bond motifs is 1. The standard InChI is InChI=1S/C14H20N4/c15-5-8-18(9-6-16)11-12-3-4-14-13(10-12)2-1-7-17-14/h1-4,7,10H,5-6,8-9,11,15-16H2. The normalized spacial score (nSPS) is 11.3. The highest BCUT2D eigenvalue weighted by Gasteiger charge is 2.04. The molecule has 1 heterocycles. The molecule has 0 aliphatic carbocycles. The van der Waals surface area contributed by atoms with E-state index in [1.54, 1.807) is 0 Å². The molecular weight excluding hydrogens is 224 g/mol. The van der Waals surface area contributed by atoms with E-state index in [0.717, 1.165) is 25.2 Å². The smallest absolute Gasteiger partial charge is 0.0702 e. The van der Waals surface area contributed by atoms with E-state index >= 15 is 0 Å². The Hall–Kier alpha value is -1.49. The first-order valence-electron chi connectivity index (χ1n) is 6.29. The van der Waals surface area contributed by atoms with E-state index in [1.165, 1.54) is 10.9 Å². The van der Waals surface area contributed by atoms with Gasteiger partial charge in [0, 0.05) is 44.3 Å². The predicted molar refractivity (Wildman–Crippen MR) is 75.1 cm³/mol. The van der Waals surface area contributed by atoms with Crippen molar-refractivity contribution in [1.29, 1.82) is 0 Å². The van der Waals surface area contributed by atoms with Crippen molar-refractivity contribution in [3.8, 4) is 0 Å². The average Bonchev–Trinajstić information content (AvgIpc) is 2.39. The summed E-state index contributed by atoms with van der Waals surface area (Å²) in [7, 11) is 0. The van der Waals surface area contributed by atoms with E-state index in [1.807, 2.05) is 12.3 Å². The van der Waals surface area contributed by atoms with Crippen LogP contribution >= 0.6 is 0 Å². The molecule has 0 bridgehead atoms. The molecule has 0 spiro atoms. The summed E-state index contributed by atoms with van der Waals surface area (Å²) in [6.45, 7) is 3.97. The van der Waals surface area contributed by atoms with Gasteiger partial charge in [0.05, 0.1) is 5.52 Å². The number of nitrogens with zero attached hydrogens (tertiary/aromatic N) is 2. The second kappa shape index (κ2) is 6.44. The molecule has 4 heteroatoms. The minimum absolute atomic E-state index is 0.662. The molecule has 0 atom stereocenters. The first-order valence-corrected chi connectivity index (χ1v) is 6.29. The summed E-state index contributed by atoms with van der Waals surface area (Å²) in [5.41, 5.74) is 13.5. The van der Waals surface area contributed by atoms with Gasteiger partial charge in [0.1, 0.15) is 0 Å². The molecule has 0 fully saturated rings. The third-order valence-corrected chi connectivity index (χ3v) is 2.96. The highest BCUT2D eigenvalue weighted by molar-refractivity contribution is 5.78. The van der Waals surface area contributed by atoms with Crippen molar-refractivity contribution in [1.82, 2.24) is 9.88 Å². The Morgan fingerprint density at radius 2 is 1.83 bits per heavy atom. The number of benzene rings is 1. The van der Waals surface area contributed by atoms with Crippen molar-refractivity contribution in [2.45, 2.75) is 6.54 Å². The van der Waals surface area contributed by atoms with Gasteiger partial charge >= 0.3 is 0 Å². The van der Waals surface area contributed by atoms with Crippen molar-refractivity contribution in [3.63, 3.8) is 0 Å². The third-order valence-electron chi connectivity index (χ3n) is 2.96. The summed E-state index contributed by atoms with van der Waals surface area (Å²) < 4.78 is 0.